The summed E-state index contributed by atoms with van der Waals surface area (Å²) in [6, 6.07) is 0. The molecule has 3 rings (SSSR count). The normalized spacial score (nSPS) is 26.0. The van der Waals surface area contributed by atoms with Crippen LogP contribution in [0.1, 0.15) is 25.5 Å². The number of hydrogen-bond acceptors (Lipinski definition) is 14. The molecule has 1 aliphatic rings. The van der Waals surface area contributed by atoms with Crippen molar-refractivity contribution >= 4 is 24.8 Å². The van der Waals surface area contributed by atoms with Gasteiger partial charge in [0, 0.05) is 6.61 Å². The van der Waals surface area contributed by atoms with Gasteiger partial charge in [-0.05, 0) is 25.8 Å². The van der Waals surface area contributed by atoms with Gasteiger partial charge in [0.05, 0.1) is 19.5 Å². The average molecular weight is 491 g/mol. The van der Waals surface area contributed by atoms with E-state index < -0.39 is 45.2 Å². The van der Waals surface area contributed by atoms with Crippen molar-refractivity contribution in [3.05, 3.63) is 12.7 Å². The minimum atomic E-state index is -4.18. The Morgan fingerprint density at radius 3 is 2.73 bits per heavy atom. The molecule has 3 heterocycles. The van der Waals surface area contributed by atoms with Crippen molar-refractivity contribution < 1.29 is 38.2 Å². The third-order valence-corrected chi connectivity index (χ3v) is 6.40. The van der Waals surface area contributed by atoms with E-state index in [1.165, 1.54) is 17.2 Å². The van der Waals surface area contributed by atoms with Crippen LogP contribution in [0, 0.1) is 0 Å². The molecular weight excluding hydrogens is 461 g/mol. The quantitative estimate of drug-likeness (QED) is 0.107. The molecule has 1 saturated heterocycles. The summed E-state index contributed by atoms with van der Waals surface area (Å²) in [6.45, 7) is -0.379. The number of anilines is 1. The Kier molecular flexibility index (Phi) is 9.06. The molecule has 1 aliphatic heterocycles. The lowest BCUT2D eigenvalue weighted by molar-refractivity contribution is -0.0541. The maximum atomic E-state index is 13.0. The van der Waals surface area contributed by atoms with E-state index in [1.54, 1.807) is 0 Å². The predicted molar refractivity (Wildman–Crippen MR) is 114 cm³/mol. The van der Waals surface area contributed by atoms with Crippen LogP contribution in [0.4, 0.5) is 5.82 Å². The number of nitrogens with two attached hydrogens (primary N) is 3. The highest BCUT2D eigenvalue weighted by Gasteiger charge is 2.46. The topological polar surface area (TPSA) is 236 Å². The Hall–Kier alpha value is -1.78. The molecule has 2 unspecified atom stereocenters. The van der Waals surface area contributed by atoms with Crippen molar-refractivity contribution in [2.45, 2.75) is 50.0 Å². The molecule has 0 saturated carbocycles. The van der Waals surface area contributed by atoms with E-state index in [0.29, 0.717) is 30.6 Å². The fourth-order valence-electron chi connectivity index (χ4n) is 3.19. The van der Waals surface area contributed by atoms with Crippen molar-refractivity contribution in [1.29, 1.82) is 0 Å². The second kappa shape index (κ2) is 11.6. The van der Waals surface area contributed by atoms with Gasteiger partial charge in [-0.15, -0.1) is 0 Å². The number of ether oxygens (including phenoxy) is 1. The van der Waals surface area contributed by atoms with E-state index in [9.17, 15) is 14.8 Å². The lowest BCUT2D eigenvalue weighted by Crippen LogP contribution is -2.34. The lowest BCUT2D eigenvalue weighted by Gasteiger charge is -2.23. The number of imidazole rings is 1. The SMILES string of the molecule is NCCCC(N)OP(=O)(OCCCO)OC[C@H]1O[C@@H](n2cnc3c(N)ncnc32)[C@H](O)[C@@H]1O. The number of nitrogens with zero attached hydrogens (tertiary/aromatic N) is 4. The first-order valence-corrected chi connectivity index (χ1v) is 11.8. The zero-order chi connectivity index (χ0) is 24.0. The summed E-state index contributed by atoms with van der Waals surface area (Å²) in [4.78, 5) is 12.1. The second-order valence-electron chi connectivity index (χ2n) is 7.36. The van der Waals surface area contributed by atoms with Crippen molar-refractivity contribution in [3.63, 3.8) is 0 Å². The maximum absolute atomic E-state index is 13.0. The number of nitrogen functional groups attached to an aromatic ring is 1. The first-order valence-electron chi connectivity index (χ1n) is 10.4. The van der Waals surface area contributed by atoms with Crippen molar-refractivity contribution in [2.24, 2.45) is 11.5 Å². The standard InChI is InChI=1S/C17H30N7O8P/c18-4-1-3-11(19)32-33(28,29-6-2-5-25)30-7-10-13(26)14(27)17(31-10)24-9-23-12-15(20)21-8-22-16(12)24/h8-11,13-14,17,25-27H,1-7,18-19H2,(H2,20,21,22)/t10-,11?,13-,14-,17-,33?/m1/s1. The van der Waals surface area contributed by atoms with Crippen LogP contribution in [-0.4, -0.2) is 85.7 Å². The number of phosphoric acid groups is 1. The minimum Gasteiger partial charge on any atom is -0.396 e. The molecule has 2 aromatic rings. The summed E-state index contributed by atoms with van der Waals surface area (Å²) in [6.07, 6.45) is -2.30. The van der Waals surface area contributed by atoms with Crippen LogP contribution in [0.2, 0.25) is 0 Å². The third kappa shape index (κ3) is 6.22. The van der Waals surface area contributed by atoms with Gasteiger partial charge >= 0.3 is 7.82 Å². The Balaban J connectivity index is 1.68. The van der Waals surface area contributed by atoms with E-state index in [0.717, 1.165) is 0 Å². The number of fused-ring (bicyclic) bond motifs is 1. The van der Waals surface area contributed by atoms with Crippen LogP contribution in [0.25, 0.3) is 11.2 Å². The van der Waals surface area contributed by atoms with Crippen LogP contribution in [0.3, 0.4) is 0 Å². The highest BCUT2D eigenvalue weighted by Crippen LogP contribution is 2.51. The van der Waals surface area contributed by atoms with Crippen LogP contribution in [-0.2, 0) is 22.9 Å². The smallest absolute Gasteiger partial charge is 0.396 e. The van der Waals surface area contributed by atoms with Crippen LogP contribution < -0.4 is 17.2 Å². The lowest BCUT2D eigenvalue weighted by atomic mass is 10.1. The minimum absolute atomic E-state index is 0.112. The summed E-state index contributed by atoms with van der Waals surface area (Å²) in [7, 11) is -4.18. The Morgan fingerprint density at radius 2 is 2.00 bits per heavy atom. The molecule has 6 atom stereocenters. The van der Waals surface area contributed by atoms with Crippen LogP contribution in [0.15, 0.2) is 12.7 Å². The molecule has 0 aliphatic carbocycles. The van der Waals surface area contributed by atoms with Gasteiger partial charge < -0.3 is 37.3 Å². The molecule has 1 fully saturated rings. The molecule has 0 spiro atoms. The van der Waals surface area contributed by atoms with Crippen molar-refractivity contribution in [1.82, 2.24) is 19.5 Å². The van der Waals surface area contributed by atoms with Gasteiger partial charge in [0.2, 0.25) is 0 Å². The van der Waals surface area contributed by atoms with E-state index >= 15 is 0 Å². The molecule has 186 valence electrons. The molecule has 2 aromatic heterocycles. The molecule has 9 N–H and O–H groups in total. The van der Waals surface area contributed by atoms with Crippen LogP contribution >= 0.6 is 7.82 Å². The van der Waals surface area contributed by atoms with E-state index in [-0.39, 0.29) is 25.5 Å². The monoisotopic (exact) mass is 491 g/mol. The summed E-state index contributed by atoms with van der Waals surface area (Å²) in [5.41, 5.74) is 17.7. The third-order valence-electron chi connectivity index (χ3n) is 4.90. The fourth-order valence-corrected chi connectivity index (χ4v) is 4.51. The van der Waals surface area contributed by atoms with Gasteiger partial charge in [-0.1, -0.05) is 0 Å². The molecule has 0 bridgehead atoms. The largest absolute Gasteiger partial charge is 0.476 e. The number of aliphatic hydroxyl groups excluding tert-OH is 3. The van der Waals surface area contributed by atoms with Gasteiger partial charge in [0.1, 0.15) is 36.4 Å². The number of aliphatic hydroxyl groups is 3. The Labute approximate surface area is 189 Å². The molecule has 16 heteroatoms. The fraction of sp³-hybridized carbons (Fsp3) is 0.706. The summed E-state index contributed by atoms with van der Waals surface area (Å²) in [5.74, 6) is 0.149. The molecular formula is C17H30N7O8P. The van der Waals surface area contributed by atoms with E-state index in [4.69, 9.17) is 40.6 Å². The van der Waals surface area contributed by atoms with Gasteiger partial charge in [-0.2, -0.15) is 0 Å². The average Bonchev–Trinajstić information content (AvgIpc) is 3.33. The van der Waals surface area contributed by atoms with Gasteiger partial charge in [0.25, 0.3) is 0 Å². The Morgan fingerprint density at radius 1 is 1.21 bits per heavy atom. The zero-order valence-electron chi connectivity index (χ0n) is 17.8. The van der Waals surface area contributed by atoms with E-state index in [2.05, 4.69) is 15.0 Å². The molecule has 33 heavy (non-hydrogen) atoms. The number of phosphoric ester groups is 1. The number of hydrogen-bond donors (Lipinski definition) is 6. The zero-order valence-corrected chi connectivity index (χ0v) is 18.7. The highest BCUT2D eigenvalue weighted by atomic mass is 31.2. The predicted octanol–water partition coefficient (Wildman–Crippen LogP) is -1.41. The molecule has 0 radical (unpaired) electrons. The first-order chi connectivity index (χ1) is 15.8. The molecule has 0 amide bonds. The van der Waals surface area contributed by atoms with Crippen molar-refractivity contribution in [2.75, 3.05) is 32.1 Å². The van der Waals surface area contributed by atoms with Crippen LogP contribution in [0.5, 0.6) is 0 Å². The van der Waals surface area contributed by atoms with Gasteiger partial charge in [0.15, 0.2) is 17.7 Å². The maximum Gasteiger partial charge on any atom is 0.476 e. The number of aromatic nitrogens is 4. The van der Waals surface area contributed by atoms with Gasteiger partial charge in [-0.25, -0.2) is 19.5 Å². The summed E-state index contributed by atoms with van der Waals surface area (Å²) < 4.78 is 36.0. The van der Waals surface area contributed by atoms with E-state index in [1.807, 2.05) is 0 Å². The summed E-state index contributed by atoms with van der Waals surface area (Å²) in [5, 5.41) is 29.9. The first kappa shape index (κ1) is 25.8. The number of rotatable bonds is 13. The molecule has 0 aromatic carbocycles. The highest BCUT2D eigenvalue weighted by molar-refractivity contribution is 7.48. The summed E-state index contributed by atoms with van der Waals surface area (Å²) >= 11 is 0. The molecule has 15 nitrogen and oxygen atoms in total. The Bertz CT molecular complexity index is 949. The second-order valence-corrected chi connectivity index (χ2v) is 8.98. The van der Waals surface area contributed by atoms with Gasteiger partial charge in [-0.3, -0.25) is 18.1 Å². The van der Waals surface area contributed by atoms with Crippen molar-refractivity contribution in [3.8, 4) is 0 Å².